The maximum atomic E-state index is 12.4. The highest BCUT2D eigenvalue weighted by molar-refractivity contribution is 6.04. The van der Waals surface area contributed by atoms with Crippen molar-refractivity contribution in [1.82, 2.24) is 15.0 Å². The summed E-state index contributed by atoms with van der Waals surface area (Å²) in [7, 11) is 1.57. The molecule has 2 heterocycles. The number of carbonyl (C=O) groups is 1. The van der Waals surface area contributed by atoms with Gasteiger partial charge in [-0.2, -0.15) is 0 Å². The lowest BCUT2D eigenvalue weighted by Crippen LogP contribution is -2.20. The van der Waals surface area contributed by atoms with Gasteiger partial charge in [0.1, 0.15) is 16.8 Å². The summed E-state index contributed by atoms with van der Waals surface area (Å²) in [5.41, 5.74) is 3.91. The van der Waals surface area contributed by atoms with E-state index in [0.29, 0.717) is 28.2 Å². The van der Waals surface area contributed by atoms with Crippen molar-refractivity contribution in [2.45, 2.75) is 0 Å². The number of hydrogen-bond acceptors (Lipinski definition) is 5. The molecule has 2 N–H and O–H groups in total. The first-order chi connectivity index (χ1) is 13.7. The number of methoxy groups -OCH3 is 1. The normalized spacial score (nSPS) is 10.5. The summed E-state index contributed by atoms with van der Waals surface area (Å²) in [4.78, 5) is 25.7. The zero-order valence-corrected chi connectivity index (χ0v) is 15.1. The van der Waals surface area contributed by atoms with Crippen molar-refractivity contribution in [3.63, 3.8) is 0 Å². The number of hydrogen-bond donors (Lipinski definition) is 2. The van der Waals surface area contributed by atoms with Crippen LogP contribution >= 0.6 is 0 Å². The van der Waals surface area contributed by atoms with Crippen LogP contribution in [0.5, 0.6) is 5.75 Å². The zero-order chi connectivity index (χ0) is 19.3. The van der Waals surface area contributed by atoms with E-state index < -0.39 is 6.03 Å². The average Bonchev–Trinajstić information content (AvgIpc) is 2.74. The number of carbonyl (C=O) groups excluding carboxylic acids is 1. The molecule has 0 saturated heterocycles. The fourth-order valence-electron chi connectivity index (χ4n) is 2.76. The molecule has 7 nitrogen and oxygen atoms in total. The smallest absolute Gasteiger partial charge is 0.323 e. The number of nitrogens with zero attached hydrogens (tertiary/aromatic N) is 3. The Morgan fingerprint density at radius 3 is 2.64 bits per heavy atom. The lowest BCUT2D eigenvalue weighted by molar-refractivity contribution is 0.262. The van der Waals surface area contributed by atoms with Crippen molar-refractivity contribution in [2.24, 2.45) is 0 Å². The number of aromatic nitrogens is 3. The van der Waals surface area contributed by atoms with Gasteiger partial charge in [0, 0.05) is 17.3 Å². The molecule has 0 radical (unpaired) electrons. The molecule has 0 fully saturated rings. The van der Waals surface area contributed by atoms with Gasteiger partial charge in [0.15, 0.2) is 0 Å². The van der Waals surface area contributed by atoms with E-state index in [9.17, 15) is 4.79 Å². The van der Waals surface area contributed by atoms with Crippen LogP contribution in [0.15, 0.2) is 73.2 Å². The zero-order valence-electron chi connectivity index (χ0n) is 15.1. The van der Waals surface area contributed by atoms with Crippen LogP contribution in [0.4, 0.5) is 16.2 Å². The molecule has 0 aliphatic heterocycles. The predicted molar refractivity (Wildman–Crippen MR) is 108 cm³/mol. The van der Waals surface area contributed by atoms with Crippen LogP contribution in [-0.4, -0.2) is 28.1 Å². The van der Waals surface area contributed by atoms with E-state index in [1.165, 1.54) is 0 Å². The minimum Gasteiger partial charge on any atom is -0.497 e. The number of anilines is 2. The largest absolute Gasteiger partial charge is 0.497 e. The van der Waals surface area contributed by atoms with Crippen molar-refractivity contribution in [3.05, 3.63) is 73.2 Å². The first kappa shape index (κ1) is 17.4. The lowest BCUT2D eigenvalue weighted by atomic mass is 10.1. The molecule has 2 amide bonds. The Morgan fingerprint density at radius 2 is 1.82 bits per heavy atom. The number of benzene rings is 2. The highest BCUT2D eigenvalue weighted by atomic mass is 16.5. The van der Waals surface area contributed by atoms with Gasteiger partial charge >= 0.3 is 6.03 Å². The maximum Gasteiger partial charge on any atom is 0.323 e. The number of urea groups is 1. The van der Waals surface area contributed by atoms with E-state index >= 15 is 0 Å². The second-order valence-electron chi connectivity index (χ2n) is 5.99. The van der Waals surface area contributed by atoms with E-state index in [1.807, 2.05) is 30.3 Å². The number of nitrogens with one attached hydrogen (secondary N) is 2. The number of pyridine rings is 1. The Labute approximate surface area is 161 Å². The SMILES string of the molecule is COc1cccc(NC(=O)Nc2cncc3ncc(-c4ccccc4)nc23)c1. The third-order valence-corrected chi connectivity index (χ3v) is 4.10. The summed E-state index contributed by atoms with van der Waals surface area (Å²) in [6.07, 6.45) is 4.86. The van der Waals surface area contributed by atoms with Gasteiger partial charge in [-0.05, 0) is 12.1 Å². The second-order valence-corrected chi connectivity index (χ2v) is 5.99. The standard InChI is InChI=1S/C21H17N5O2/c1-28-16-9-5-8-15(10-16)24-21(27)26-19-12-22-11-18-20(19)25-17(13-23-18)14-6-3-2-4-7-14/h2-13H,1H3,(H2,24,26,27). The van der Waals surface area contributed by atoms with Crippen LogP contribution in [0.3, 0.4) is 0 Å². The lowest BCUT2D eigenvalue weighted by Gasteiger charge is -2.10. The van der Waals surface area contributed by atoms with E-state index in [1.54, 1.807) is 50.0 Å². The van der Waals surface area contributed by atoms with Crippen molar-refractivity contribution >= 4 is 28.4 Å². The molecule has 4 aromatic rings. The van der Waals surface area contributed by atoms with Crippen LogP contribution in [0.25, 0.3) is 22.3 Å². The molecule has 2 aromatic carbocycles. The van der Waals surface area contributed by atoms with Gasteiger partial charge in [0.2, 0.25) is 0 Å². The highest BCUT2D eigenvalue weighted by Gasteiger charge is 2.11. The molecule has 0 bridgehead atoms. The van der Waals surface area contributed by atoms with Crippen molar-refractivity contribution in [3.8, 4) is 17.0 Å². The number of ether oxygens (including phenoxy) is 1. The van der Waals surface area contributed by atoms with Crippen LogP contribution in [0.1, 0.15) is 0 Å². The summed E-state index contributed by atoms with van der Waals surface area (Å²) in [6.45, 7) is 0. The van der Waals surface area contributed by atoms with Crippen LogP contribution in [0, 0.1) is 0 Å². The minimum atomic E-state index is -0.408. The summed E-state index contributed by atoms with van der Waals surface area (Å²) in [6, 6.07) is 16.4. The Bertz CT molecular complexity index is 1130. The Morgan fingerprint density at radius 1 is 0.964 bits per heavy atom. The summed E-state index contributed by atoms with van der Waals surface area (Å²) in [5.74, 6) is 0.656. The van der Waals surface area contributed by atoms with Crippen LogP contribution in [0.2, 0.25) is 0 Å². The molecule has 28 heavy (non-hydrogen) atoms. The Kier molecular flexibility index (Phi) is 4.79. The second kappa shape index (κ2) is 7.71. The van der Waals surface area contributed by atoms with Crippen molar-refractivity contribution < 1.29 is 9.53 Å². The molecule has 7 heteroatoms. The van der Waals surface area contributed by atoms with Crippen molar-refractivity contribution in [2.75, 3.05) is 17.7 Å². The fraction of sp³-hybridized carbons (Fsp3) is 0.0476. The average molecular weight is 371 g/mol. The maximum absolute atomic E-state index is 12.4. The van der Waals surface area contributed by atoms with Gasteiger partial charge in [-0.15, -0.1) is 0 Å². The number of fused-ring (bicyclic) bond motifs is 1. The number of rotatable bonds is 4. The predicted octanol–water partition coefficient (Wildman–Crippen LogP) is 4.34. The first-order valence-corrected chi connectivity index (χ1v) is 8.61. The molecule has 0 unspecified atom stereocenters. The molecule has 0 aliphatic carbocycles. The monoisotopic (exact) mass is 371 g/mol. The van der Waals surface area contributed by atoms with Crippen LogP contribution < -0.4 is 15.4 Å². The van der Waals surface area contributed by atoms with Gasteiger partial charge in [-0.25, -0.2) is 9.78 Å². The molecule has 0 aliphatic rings. The molecular weight excluding hydrogens is 354 g/mol. The summed E-state index contributed by atoms with van der Waals surface area (Å²) in [5, 5.41) is 5.56. The van der Waals surface area contributed by atoms with Gasteiger partial charge in [-0.1, -0.05) is 36.4 Å². The molecule has 0 spiro atoms. The van der Waals surface area contributed by atoms with E-state index in [4.69, 9.17) is 4.74 Å². The van der Waals surface area contributed by atoms with E-state index in [0.717, 1.165) is 11.3 Å². The fourth-order valence-corrected chi connectivity index (χ4v) is 2.76. The van der Waals surface area contributed by atoms with Crippen molar-refractivity contribution in [1.29, 1.82) is 0 Å². The van der Waals surface area contributed by atoms with Crippen LogP contribution in [-0.2, 0) is 0 Å². The molecule has 4 rings (SSSR count). The summed E-state index contributed by atoms with van der Waals surface area (Å²) >= 11 is 0. The molecule has 2 aromatic heterocycles. The molecule has 0 saturated carbocycles. The first-order valence-electron chi connectivity index (χ1n) is 8.61. The van der Waals surface area contributed by atoms with Gasteiger partial charge in [0.25, 0.3) is 0 Å². The minimum absolute atomic E-state index is 0.408. The summed E-state index contributed by atoms with van der Waals surface area (Å²) < 4.78 is 5.17. The Balaban J connectivity index is 1.61. The van der Waals surface area contributed by atoms with Gasteiger partial charge in [0.05, 0.1) is 37.1 Å². The van der Waals surface area contributed by atoms with Gasteiger partial charge < -0.3 is 15.4 Å². The Hall–Kier alpha value is -4.00. The molecule has 0 atom stereocenters. The third-order valence-electron chi connectivity index (χ3n) is 4.10. The molecular formula is C21H17N5O2. The van der Waals surface area contributed by atoms with Gasteiger partial charge in [-0.3, -0.25) is 9.97 Å². The third kappa shape index (κ3) is 3.73. The quantitative estimate of drug-likeness (QED) is 0.557. The van der Waals surface area contributed by atoms with E-state index in [2.05, 4.69) is 25.6 Å². The molecule has 138 valence electrons. The highest BCUT2D eigenvalue weighted by Crippen LogP contribution is 2.23. The van der Waals surface area contributed by atoms with E-state index in [-0.39, 0.29) is 0 Å². The topological polar surface area (TPSA) is 89.0 Å². The number of amides is 2.